The van der Waals surface area contributed by atoms with Crippen LogP contribution >= 0.6 is 0 Å². The molecule has 3 amide bonds. The minimum absolute atomic E-state index is 0.176. The number of hydrogen-bond acceptors (Lipinski definition) is 4. The quantitative estimate of drug-likeness (QED) is 0.319. The summed E-state index contributed by atoms with van der Waals surface area (Å²) in [4.78, 5) is 32.6. The van der Waals surface area contributed by atoms with Gasteiger partial charge in [0.05, 0.1) is 0 Å². The van der Waals surface area contributed by atoms with Crippen molar-refractivity contribution in [2.45, 2.75) is 0 Å². The molecule has 0 unspecified atom stereocenters. The van der Waals surface area contributed by atoms with Gasteiger partial charge in [0.2, 0.25) is 0 Å². The van der Waals surface area contributed by atoms with Gasteiger partial charge in [-0.15, -0.1) is 0 Å². The van der Waals surface area contributed by atoms with Crippen molar-refractivity contribution in [3.05, 3.63) is 0 Å². The molecule has 0 rings (SSSR count). The third-order valence-electron chi connectivity index (χ3n) is 2.11. The van der Waals surface area contributed by atoms with Gasteiger partial charge in [-0.1, -0.05) is 0 Å². The van der Waals surface area contributed by atoms with E-state index in [1.807, 2.05) is 0 Å². The average Bonchev–Trinajstić information content (AvgIpc) is 2.26. The van der Waals surface area contributed by atoms with Gasteiger partial charge in [-0.3, -0.25) is 4.90 Å². The lowest BCUT2D eigenvalue weighted by atomic mass is 10.4. The van der Waals surface area contributed by atoms with E-state index in [1.165, 1.54) is 0 Å². The van der Waals surface area contributed by atoms with E-state index >= 15 is 0 Å². The fraction of sp³-hybridized carbons (Fsp3) is 0.667. The van der Waals surface area contributed by atoms with Crippen LogP contribution < -0.4 is 16.0 Å². The minimum Gasteiger partial charge on any atom is -0.465 e. The molecular weight excluding hydrogens is 260 g/mol. The van der Waals surface area contributed by atoms with E-state index in [4.69, 9.17) is 15.3 Å². The molecule has 0 aliphatic carbocycles. The number of nitrogens with zero attached hydrogens (tertiary/aromatic N) is 1. The normalized spacial score (nSPS) is 9.95. The summed E-state index contributed by atoms with van der Waals surface area (Å²) in [6.07, 6.45) is -3.44. The Bertz CT molecular complexity index is 264. The molecule has 110 valence electrons. The first-order valence-corrected chi connectivity index (χ1v) is 5.54. The van der Waals surface area contributed by atoms with Gasteiger partial charge in [0.1, 0.15) is 0 Å². The molecule has 0 aromatic heterocycles. The summed E-state index contributed by atoms with van der Waals surface area (Å²) in [6.45, 7) is 1.60. The molecule has 10 nitrogen and oxygen atoms in total. The Morgan fingerprint density at radius 2 is 0.947 bits per heavy atom. The SMILES string of the molecule is O=C(O)NCCN(CCNC(=O)O)CCNC(=O)O. The molecule has 0 spiro atoms. The molecule has 6 N–H and O–H groups in total. The second-order valence-electron chi connectivity index (χ2n) is 3.54. The predicted octanol–water partition coefficient (Wildman–Crippen LogP) is -0.909. The summed E-state index contributed by atoms with van der Waals surface area (Å²) >= 11 is 0. The summed E-state index contributed by atoms with van der Waals surface area (Å²) in [5.74, 6) is 0. The van der Waals surface area contributed by atoms with Crippen LogP contribution in [0.15, 0.2) is 0 Å². The highest BCUT2D eigenvalue weighted by atomic mass is 16.4. The first-order valence-electron chi connectivity index (χ1n) is 5.54. The Hall–Kier alpha value is -2.23. The molecule has 0 radical (unpaired) electrons. The van der Waals surface area contributed by atoms with Gasteiger partial charge in [-0.25, -0.2) is 14.4 Å². The van der Waals surface area contributed by atoms with E-state index in [-0.39, 0.29) is 19.6 Å². The lowest BCUT2D eigenvalue weighted by Crippen LogP contribution is -2.42. The predicted molar refractivity (Wildman–Crippen MR) is 64.5 cm³/mol. The van der Waals surface area contributed by atoms with Crippen molar-refractivity contribution in [1.29, 1.82) is 0 Å². The second-order valence-corrected chi connectivity index (χ2v) is 3.54. The van der Waals surface area contributed by atoms with E-state index in [0.717, 1.165) is 0 Å². The molecule has 19 heavy (non-hydrogen) atoms. The lowest BCUT2D eigenvalue weighted by molar-refractivity contribution is 0.186. The topological polar surface area (TPSA) is 151 Å². The number of rotatable bonds is 9. The van der Waals surface area contributed by atoms with E-state index in [0.29, 0.717) is 19.6 Å². The molecule has 0 aromatic carbocycles. The van der Waals surface area contributed by atoms with Crippen LogP contribution in [0.5, 0.6) is 0 Å². The third-order valence-corrected chi connectivity index (χ3v) is 2.11. The maximum atomic E-state index is 10.3. The van der Waals surface area contributed by atoms with Crippen LogP contribution in [0, 0.1) is 0 Å². The molecule has 0 fully saturated rings. The van der Waals surface area contributed by atoms with Crippen LogP contribution in [0.3, 0.4) is 0 Å². The number of hydrogen-bond donors (Lipinski definition) is 6. The van der Waals surface area contributed by atoms with E-state index in [9.17, 15) is 14.4 Å². The highest BCUT2D eigenvalue weighted by Crippen LogP contribution is 1.86. The Kier molecular flexibility index (Phi) is 8.62. The zero-order chi connectivity index (χ0) is 14.7. The van der Waals surface area contributed by atoms with E-state index < -0.39 is 18.3 Å². The van der Waals surface area contributed by atoms with Crippen molar-refractivity contribution in [3.63, 3.8) is 0 Å². The van der Waals surface area contributed by atoms with E-state index in [2.05, 4.69) is 16.0 Å². The maximum Gasteiger partial charge on any atom is 0.404 e. The lowest BCUT2D eigenvalue weighted by Gasteiger charge is -2.21. The molecule has 0 atom stereocenters. The van der Waals surface area contributed by atoms with Crippen LogP contribution in [0.4, 0.5) is 14.4 Å². The Morgan fingerprint density at radius 1 is 0.684 bits per heavy atom. The van der Waals surface area contributed by atoms with Gasteiger partial charge < -0.3 is 31.3 Å². The number of amides is 3. The third kappa shape index (κ3) is 12.0. The van der Waals surface area contributed by atoms with Gasteiger partial charge in [-0.2, -0.15) is 0 Å². The van der Waals surface area contributed by atoms with Crippen molar-refractivity contribution in [1.82, 2.24) is 20.9 Å². The average molecular weight is 278 g/mol. The standard InChI is InChI=1S/C9H18N4O6/c14-7(15)10-1-4-13(5-2-11-8(16)17)6-3-12-9(18)19/h10-12H,1-6H2,(H,14,15)(H,16,17)(H,18,19). The van der Waals surface area contributed by atoms with E-state index in [1.54, 1.807) is 4.90 Å². The molecule has 0 saturated carbocycles. The van der Waals surface area contributed by atoms with Gasteiger partial charge in [0.25, 0.3) is 0 Å². The first-order chi connectivity index (χ1) is 8.91. The Morgan fingerprint density at radius 3 is 1.16 bits per heavy atom. The second kappa shape index (κ2) is 9.76. The number of carbonyl (C=O) groups is 3. The monoisotopic (exact) mass is 278 g/mol. The molecule has 0 aliphatic rings. The summed E-state index contributed by atoms with van der Waals surface area (Å²) in [6, 6.07) is 0. The van der Waals surface area contributed by atoms with Crippen LogP contribution in [0.1, 0.15) is 0 Å². The molecular formula is C9H18N4O6. The smallest absolute Gasteiger partial charge is 0.404 e. The Balaban J connectivity index is 3.94. The van der Waals surface area contributed by atoms with Crippen molar-refractivity contribution in [2.75, 3.05) is 39.3 Å². The van der Waals surface area contributed by atoms with Crippen molar-refractivity contribution in [2.24, 2.45) is 0 Å². The van der Waals surface area contributed by atoms with Gasteiger partial charge in [-0.05, 0) is 0 Å². The highest BCUT2D eigenvalue weighted by Gasteiger charge is 2.07. The van der Waals surface area contributed by atoms with Crippen LogP contribution in [-0.2, 0) is 0 Å². The van der Waals surface area contributed by atoms with Crippen LogP contribution in [-0.4, -0.2) is 77.8 Å². The molecule has 0 aliphatic heterocycles. The molecule has 10 heteroatoms. The largest absolute Gasteiger partial charge is 0.465 e. The molecule has 0 saturated heterocycles. The fourth-order valence-corrected chi connectivity index (χ4v) is 1.30. The molecule has 0 aromatic rings. The van der Waals surface area contributed by atoms with Crippen molar-refractivity contribution < 1.29 is 29.7 Å². The summed E-state index contributed by atoms with van der Waals surface area (Å²) < 4.78 is 0. The summed E-state index contributed by atoms with van der Waals surface area (Å²) in [5, 5.41) is 31.8. The minimum atomic E-state index is -1.15. The number of carboxylic acid groups (broad SMARTS) is 3. The summed E-state index contributed by atoms with van der Waals surface area (Å²) in [5.41, 5.74) is 0. The highest BCUT2D eigenvalue weighted by molar-refractivity contribution is 5.64. The van der Waals surface area contributed by atoms with Crippen LogP contribution in [0.2, 0.25) is 0 Å². The molecule has 0 bridgehead atoms. The first kappa shape index (κ1) is 16.8. The van der Waals surface area contributed by atoms with Crippen LogP contribution in [0.25, 0.3) is 0 Å². The van der Waals surface area contributed by atoms with Crippen molar-refractivity contribution >= 4 is 18.3 Å². The molecule has 0 heterocycles. The van der Waals surface area contributed by atoms with Gasteiger partial charge in [0.15, 0.2) is 0 Å². The maximum absolute atomic E-state index is 10.3. The Labute approximate surface area is 109 Å². The van der Waals surface area contributed by atoms with Crippen molar-refractivity contribution in [3.8, 4) is 0 Å². The zero-order valence-corrected chi connectivity index (χ0v) is 10.3. The zero-order valence-electron chi connectivity index (χ0n) is 10.3. The van der Waals surface area contributed by atoms with Gasteiger partial charge >= 0.3 is 18.3 Å². The fourth-order valence-electron chi connectivity index (χ4n) is 1.30. The summed E-state index contributed by atoms with van der Waals surface area (Å²) in [7, 11) is 0. The number of nitrogens with one attached hydrogen (secondary N) is 3. The van der Waals surface area contributed by atoms with Gasteiger partial charge in [0, 0.05) is 39.3 Å².